The van der Waals surface area contributed by atoms with E-state index in [0.29, 0.717) is 0 Å². The number of esters is 2. The lowest BCUT2D eigenvalue weighted by molar-refractivity contribution is -0.167. The maximum atomic E-state index is 11.2. The quantitative estimate of drug-likeness (QED) is 0.647. The summed E-state index contributed by atoms with van der Waals surface area (Å²) >= 11 is 0. The molecule has 0 aliphatic rings. The number of carboxylic acids is 1. The third-order valence-corrected chi connectivity index (χ3v) is 1.48. The van der Waals surface area contributed by atoms with Crippen LogP contribution in [0.5, 0.6) is 0 Å². The Morgan fingerprint density at radius 1 is 1.33 bits per heavy atom. The van der Waals surface area contributed by atoms with E-state index in [0.717, 1.165) is 6.92 Å². The molecule has 1 unspecified atom stereocenters. The van der Waals surface area contributed by atoms with Gasteiger partial charge in [-0.1, -0.05) is 0 Å². The number of carboxylic acid groups (broad SMARTS) is 1. The molecule has 86 valence electrons. The van der Waals surface area contributed by atoms with Gasteiger partial charge in [0, 0.05) is 19.8 Å². The van der Waals surface area contributed by atoms with Crippen molar-refractivity contribution in [3.63, 3.8) is 0 Å². The Morgan fingerprint density at radius 3 is 2.33 bits per heavy atom. The number of hydrogen-bond acceptors (Lipinski definition) is 5. The smallest absolute Gasteiger partial charge is 0.347 e. The standard InChI is InChI=1S/C9H14O6/c1-3-14-9(13)7(15-6(2)10)4-5-8(11)12/h7H,3-5H2,1-2H3,(H,11,12). The molecule has 1 atom stereocenters. The Bertz CT molecular complexity index is 247. The average Bonchev–Trinajstić information content (AvgIpc) is 2.11. The molecule has 0 bridgehead atoms. The molecule has 0 aliphatic heterocycles. The Morgan fingerprint density at radius 2 is 1.93 bits per heavy atom. The van der Waals surface area contributed by atoms with Crippen LogP contribution in [-0.2, 0) is 23.9 Å². The molecule has 0 saturated carbocycles. The van der Waals surface area contributed by atoms with Gasteiger partial charge >= 0.3 is 17.9 Å². The molecule has 6 heteroatoms. The van der Waals surface area contributed by atoms with Crippen molar-refractivity contribution < 1.29 is 29.0 Å². The van der Waals surface area contributed by atoms with E-state index in [1.807, 2.05) is 0 Å². The fraction of sp³-hybridized carbons (Fsp3) is 0.667. The lowest BCUT2D eigenvalue weighted by Gasteiger charge is -2.14. The van der Waals surface area contributed by atoms with Crippen molar-refractivity contribution in [2.24, 2.45) is 0 Å². The fourth-order valence-corrected chi connectivity index (χ4v) is 0.915. The molecule has 0 saturated heterocycles. The van der Waals surface area contributed by atoms with Crippen LogP contribution in [0, 0.1) is 0 Å². The molecule has 0 radical (unpaired) electrons. The first-order valence-electron chi connectivity index (χ1n) is 4.53. The van der Waals surface area contributed by atoms with Gasteiger partial charge in [0.1, 0.15) is 0 Å². The molecular formula is C9H14O6. The number of aliphatic carboxylic acids is 1. The van der Waals surface area contributed by atoms with E-state index in [-0.39, 0.29) is 19.4 Å². The summed E-state index contributed by atoms with van der Waals surface area (Å²) in [5.41, 5.74) is 0. The first-order valence-corrected chi connectivity index (χ1v) is 4.53. The molecule has 0 rings (SSSR count). The van der Waals surface area contributed by atoms with Gasteiger partial charge < -0.3 is 14.6 Å². The molecule has 0 heterocycles. The summed E-state index contributed by atoms with van der Waals surface area (Å²) < 4.78 is 9.27. The first-order chi connectivity index (χ1) is 6.97. The van der Waals surface area contributed by atoms with E-state index < -0.39 is 24.0 Å². The van der Waals surface area contributed by atoms with Gasteiger partial charge in [0.2, 0.25) is 0 Å². The zero-order valence-corrected chi connectivity index (χ0v) is 8.69. The van der Waals surface area contributed by atoms with Gasteiger partial charge in [-0.25, -0.2) is 4.79 Å². The third-order valence-electron chi connectivity index (χ3n) is 1.48. The average molecular weight is 218 g/mol. The van der Waals surface area contributed by atoms with Crippen LogP contribution in [0.1, 0.15) is 26.7 Å². The number of carbonyl (C=O) groups is 3. The van der Waals surface area contributed by atoms with E-state index in [4.69, 9.17) is 5.11 Å². The Hall–Kier alpha value is -1.59. The van der Waals surface area contributed by atoms with Gasteiger partial charge in [-0.2, -0.15) is 0 Å². The summed E-state index contributed by atoms with van der Waals surface area (Å²) in [6.45, 7) is 2.91. The van der Waals surface area contributed by atoms with Crippen molar-refractivity contribution in [1.82, 2.24) is 0 Å². The van der Waals surface area contributed by atoms with E-state index in [1.54, 1.807) is 6.92 Å². The largest absolute Gasteiger partial charge is 0.481 e. The van der Waals surface area contributed by atoms with Crippen molar-refractivity contribution in [3.05, 3.63) is 0 Å². The summed E-state index contributed by atoms with van der Waals surface area (Å²) in [5.74, 6) is -2.41. The Kier molecular flexibility index (Phi) is 6.08. The van der Waals surface area contributed by atoms with Crippen LogP contribution < -0.4 is 0 Å². The zero-order valence-electron chi connectivity index (χ0n) is 8.69. The van der Waals surface area contributed by atoms with Crippen molar-refractivity contribution in [3.8, 4) is 0 Å². The summed E-state index contributed by atoms with van der Waals surface area (Å²) in [6.07, 6.45) is -1.46. The third kappa shape index (κ3) is 6.48. The maximum absolute atomic E-state index is 11.2. The van der Waals surface area contributed by atoms with Crippen molar-refractivity contribution in [1.29, 1.82) is 0 Å². The number of carbonyl (C=O) groups excluding carboxylic acids is 2. The van der Waals surface area contributed by atoms with Gasteiger partial charge in [0.25, 0.3) is 0 Å². The summed E-state index contributed by atoms with van der Waals surface area (Å²) in [7, 11) is 0. The SMILES string of the molecule is CCOC(=O)C(CCC(=O)O)OC(C)=O. The van der Waals surface area contributed by atoms with Gasteiger partial charge in [-0.3, -0.25) is 9.59 Å². The number of ether oxygens (including phenoxy) is 2. The summed E-state index contributed by atoms with van der Waals surface area (Å²) in [5, 5.41) is 8.42. The van der Waals surface area contributed by atoms with Crippen LogP contribution in [0.15, 0.2) is 0 Å². The van der Waals surface area contributed by atoms with Crippen LogP contribution in [0.3, 0.4) is 0 Å². The fourth-order valence-electron chi connectivity index (χ4n) is 0.915. The predicted molar refractivity (Wildman–Crippen MR) is 49.1 cm³/mol. The topological polar surface area (TPSA) is 89.9 Å². The van der Waals surface area contributed by atoms with Gasteiger partial charge in [0.15, 0.2) is 6.10 Å². The molecule has 0 aromatic rings. The maximum Gasteiger partial charge on any atom is 0.347 e. The highest BCUT2D eigenvalue weighted by atomic mass is 16.6. The van der Waals surface area contributed by atoms with E-state index >= 15 is 0 Å². The first kappa shape index (κ1) is 13.4. The Balaban J connectivity index is 4.23. The van der Waals surface area contributed by atoms with Crippen molar-refractivity contribution >= 4 is 17.9 Å². The molecule has 0 aromatic carbocycles. The van der Waals surface area contributed by atoms with Crippen LogP contribution in [0.25, 0.3) is 0 Å². The molecular weight excluding hydrogens is 204 g/mol. The minimum Gasteiger partial charge on any atom is -0.481 e. The van der Waals surface area contributed by atoms with Crippen LogP contribution in [-0.4, -0.2) is 35.7 Å². The van der Waals surface area contributed by atoms with Crippen molar-refractivity contribution in [2.75, 3.05) is 6.61 Å². The molecule has 6 nitrogen and oxygen atoms in total. The lowest BCUT2D eigenvalue weighted by Crippen LogP contribution is -2.29. The second-order valence-electron chi connectivity index (χ2n) is 2.78. The van der Waals surface area contributed by atoms with Gasteiger partial charge in [-0.15, -0.1) is 0 Å². The monoisotopic (exact) mass is 218 g/mol. The molecule has 0 amide bonds. The predicted octanol–water partition coefficient (Wildman–Crippen LogP) is 0.346. The van der Waals surface area contributed by atoms with E-state index in [1.165, 1.54) is 0 Å². The number of hydrogen-bond donors (Lipinski definition) is 1. The molecule has 1 N–H and O–H groups in total. The van der Waals surface area contributed by atoms with E-state index in [2.05, 4.69) is 9.47 Å². The van der Waals surface area contributed by atoms with E-state index in [9.17, 15) is 14.4 Å². The zero-order chi connectivity index (χ0) is 11.8. The summed E-state index contributed by atoms with van der Waals surface area (Å²) in [4.78, 5) is 32.1. The number of rotatable bonds is 6. The molecule has 0 fully saturated rings. The minimum atomic E-state index is -1.13. The molecule has 15 heavy (non-hydrogen) atoms. The molecule has 0 aromatic heterocycles. The lowest BCUT2D eigenvalue weighted by atomic mass is 10.2. The Labute approximate surface area is 87.2 Å². The van der Waals surface area contributed by atoms with Crippen LogP contribution in [0.2, 0.25) is 0 Å². The molecule has 0 spiro atoms. The highest BCUT2D eigenvalue weighted by Gasteiger charge is 2.23. The van der Waals surface area contributed by atoms with Crippen LogP contribution in [0.4, 0.5) is 0 Å². The second-order valence-corrected chi connectivity index (χ2v) is 2.78. The second kappa shape index (κ2) is 6.80. The molecule has 0 aliphatic carbocycles. The van der Waals surface area contributed by atoms with Crippen molar-refractivity contribution in [2.45, 2.75) is 32.8 Å². The van der Waals surface area contributed by atoms with Gasteiger partial charge in [-0.05, 0) is 6.92 Å². The van der Waals surface area contributed by atoms with Gasteiger partial charge in [0.05, 0.1) is 6.61 Å². The normalized spacial score (nSPS) is 11.6. The highest BCUT2D eigenvalue weighted by molar-refractivity contribution is 5.79. The van der Waals surface area contributed by atoms with Crippen LogP contribution >= 0.6 is 0 Å². The minimum absolute atomic E-state index is 0.0756. The highest BCUT2D eigenvalue weighted by Crippen LogP contribution is 2.05. The summed E-state index contributed by atoms with van der Waals surface area (Å²) in [6, 6.07) is 0.